The molecule has 2 heterocycles. The van der Waals surface area contributed by atoms with Crippen molar-refractivity contribution in [2.45, 2.75) is 50.1 Å². The lowest BCUT2D eigenvalue weighted by atomic mass is 9.72. The third-order valence-electron chi connectivity index (χ3n) is 6.95. The number of rotatable bonds is 7. The number of carbonyl (C=O) groups is 3. The minimum atomic E-state index is -1.15. The molecule has 0 spiro atoms. The van der Waals surface area contributed by atoms with Crippen LogP contribution in [-0.2, 0) is 26.2 Å². The summed E-state index contributed by atoms with van der Waals surface area (Å²) in [5, 5.41) is 13.9. The van der Waals surface area contributed by atoms with Crippen molar-refractivity contribution < 1.29 is 19.5 Å². The Morgan fingerprint density at radius 2 is 1.71 bits per heavy atom. The topological polar surface area (TPSA) is 129 Å². The molecule has 184 valence electrons. The number of nitrogens with zero attached hydrogens (tertiary/aromatic N) is 1. The van der Waals surface area contributed by atoms with Crippen LogP contribution in [0.2, 0.25) is 0 Å². The third kappa shape index (κ3) is 4.93. The number of hydrogen-bond donors (Lipinski definition) is 4. The number of carboxylic acid groups (broad SMARTS) is 1. The second-order valence-electron chi connectivity index (χ2n) is 9.89. The van der Waals surface area contributed by atoms with Gasteiger partial charge in [-0.1, -0.05) is 48.5 Å². The van der Waals surface area contributed by atoms with Crippen molar-refractivity contribution in [3.8, 4) is 0 Å². The van der Waals surface area contributed by atoms with Gasteiger partial charge in [0.25, 0.3) is 0 Å². The maximum atomic E-state index is 13.7. The SMILES string of the molecule is CC(C)(N)C(=O)NC(Cc1c[nH]c2ccccc12)C(=O)N1CCC(C(=O)O)(c2ccccc2)CC1. The molecule has 1 unspecified atom stereocenters. The number of carbonyl (C=O) groups excluding carboxylic acids is 2. The first-order valence-electron chi connectivity index (χ1n) is 11.8. The van der Waals surface area contributed by atoms with Crippen LogP contribution < -0.4 is 11.1 Å². The lowest BCUT2D eigenvalue weighted by Gasteiger charge is -2.40. The molecule has 2 amide bonds. The highest BCUT2D eigenvalue weighted by Crippen LogP contribution is 2.36. The summed E-state index contributed by atoms with van der Waals surface area (Å²) in [7, 11) is 0. The van der Waals surface area contributed by atoms with Crippen molar-refractivity contribution in [2.24, 2.45) is 5.73 Å². The molecule has 1 aromatic heterocycles. The summed E-state index contributed by atoms with van der Waals surface area (Å²) in [6, 6.07) is 16.1. The van der Waals surface area contributed by atoms with Gasteiger partial charge in [-0.2, -0.15) is 0 Å². The number of aromatic nitrogens is 1. The molecule has 1 saturated heterocycles. The molecular formula is C27H32N4O4. The zero-order valence-corrected chi connectivity index (χ0v) is 20.1. The van der Waals surface area contributed by atoms with Gasteiger partial charge in [-0.05, 0) is 43.9 Å². The Hall–Kier alpha value is -3.65. The van der Waals surface area contributed by atoms with Crippen molar-refractivity contribution in [1.82, 2.24) is 15.2 Å². The average molecular weight is 477 g/mol. The largest absolute Gasteiger partial charge is 0.481 e. The molecule has 1 aliphatic rings. The van der Waals surface area contributed by atoms with Gasteiger partial charge in [-0.3, -0.25) is 14.4 Å². The fourth-order valence-electron chi connectivity index (χ4n) is 4.78. The molecule has 4 rings (SSSR count). The number of hydrogen-bond acceptors (Lipinski definition) is 4. The van der Waals surface area contributed by atoms with Gasteiger partial charge < -0.3 is 26.0 Å². The van der Waals surface area contributed by atoms with E-state index in [2.05, 4.69) is 10.3 Å². The predicted octanol–water partition coefficient (Wildman–Crippen LogP) is 2.58. The van der Waals surface area contributed by atoms with Crippen LogP contribution in [0.1, 0.15) is 37.8 Å². The van der Waals surface area contributed by atoms with Gasteiger partial charge in [0.1, 0.15) is 6.04 Å². The van der Waals surface area contributed by atoms with Gasteiger partial charge in [-0.15, -0.1) is 0 Å². The predicted molar refractivity (Wildman–Crippen MR) is 134 cm³/mol. The van der Waals surface area contributed by atoms with Crippen molar-refractivity contribution in [3.63, 3.8) is 0 Å². The number of likely N-dealkylation sites (tertiary alicyclic amines) is 1. The first-order chi connectivity index (χ1) is 16.6. The Kier molecular flexibility index (Phi) is 6.67. The standard InChI is InChI=1S/C27H32N4O4/c1-26(2,28)24(33)30-22(16-18-17-29-21-11-7-6-10-20(18)21)23(32)31-14-12-27(13-15-31,25(34)35)19-8-4-3-5-9-19/h3-11,17,22,29H,12-16,28H2,1-2H3,(H,30,33)(H,34,35). The zero-order chi connectivity index (χ0) is 25.2. The average Bonchev–Trinajstić information content (AvgIpc) is 3.26. The van der Waals surface area contributed by atoms with E-state index in [1.54, 1.807) is 18.7 Å². The molecule has 35 heavy (non-hydrogen) atoms. The van der Waals surface area contributed by atoms with Crippen molar-refractivity contribution >= 4 is 28.7 Å². The van der Waals surface area contributed by atoms with Gasteiger partial charge in [0, 0.05) is 36.6 Å². The molecule has 1 atom stereocenters. The van der Waals surface area contributed by atoms with E-state index in [4.69, 9.17) is 5.73 Å². The van der Waals surface area contributed by atoms with Crippen LogP contribution in [0, 0.1) is 0 Å². The van der Waals surface area contributed by atoms with Crippen LogP contribution in [0.4, 0.5) is 0 Å². The summed E-state index contributed by atoms with van der Waals surface area (Å²) in [5.74, 6) is -1.54. The molecule has 0 bridgehead atoms. The third-order valence-corrected chi connectivity index (χ3v) is 6.95. The molecule has 2 aromatic carbocycles. The smallest absolute Gasteiger partial charge is 0.314 e. The Balaban J connectivity index is 1.56. The summed E-state index contributed by atoms with van der Waals surface area (Å²) >= 11 is 0. The number of para-hydroxylation sites is 1. The summed E-state index contributed by atoms with van der Waals surface area (Å²) in [4.78, 5) is 43.6. The molecule has 3 aromatic rings. The molecule has 1 fully saturated rings. The Bertz CT molecular complexity index is 1220. The normalized spacial score (nSPS) is 16.6. The molecule has 8 heteroatoms. The molecule has 0 aliphatic carbocycles. The number of aliphatic carboxylic acids is 1. The minimum Gasteiger partial charge on any atom is -0.481 e. The van der Waals surface area contributed by atoms with E-state index in [0.717, 1.165) is 22.0 Å². The van der Waals surface area contributed by atoms with E-state index in [1.807, 2.05) is 60.8 Å². The minimum absolute atomic E-state index is 0.236. The van der Waals surface area contributed by atoms with Gasteiger partial charge in [-0.25, -0.2) is 0 Å². The van der Waals surface area contributed by atoms with Crippen molar-refractivity contribution in [1.29, 1.82) is 0 Å². The molecular weight excluding hydrogens is 444 g/mol. The number of piperidine rings is 1. The fraction of sp³-hybridized carbons (Fsp3) is 0.370. The van der Waals surface area contributed by atoms with Crippen LogP contribution in [0.3, 0.4) is 0 Å². The van der Waals surface area contributed by atoms with E-state index in [9.17, 15) is 19.5 Å². The summed E-state index contributed by atoms with van der Waals surface area (Å²) in [6.07, 6.45) is 2.75. The number of carboxylic acids is 1. The van der Waals surface area contributed by atoms with E-state index in [1.165, 1.54) is 0 Å². The van der Waals surface area contributed by atoms with E-state index in [0.29, 0.717) is 19.3 Å². The van der Waals surface area contributed by atoms with Crippen LogP contribution in [0.15, 0.2) is 60.8 Å². The van der Waals surface area contributed by atoms with E-state index in [-0.39, 0.29) is 19.0 Å². The van der Waals surface area contributed by atoms with Gasteiger partial charge in [0.05, 0.1) is 11.0 Å². The quantitative estimate of drug-likeness (QED) is 0.417. The number of fused-ring (bicyclic) bond motifs is 1. The second-order valence-corrected chi connectivity index (χ2v) is 9.89. The van der Waals surface area contributed by atoms with Gasteiger partial charge in [0.2, 0.25) is 11.8 Å². The maximum absolute atomic E-state index is 13.7. The highest BCUT2D eigenvalue weighted by Gasteiger charge is 2.44. The molecule has 5 N–H and O–H groups in total. The summed E-state index contributed by atoms with van der Waals surface area (Å²) < 4.78 is 0. The lowest BCUT2D eigenvalue weighted by Crippen LogP contribution is -2.58. The van der Waals surface area contributed by atoms with Crippen LogP contribution in [0.5, 0.6) is 0 Å². The Morgan fingerprint density at radius 1 is 1.09 bits per heavy atom. The number of benzene rings is 2. The number of amides is 2. The van der Waals surface area contributed by atoms with Gasteiger partial charge >= 0.3 is 5.97 Å². The Labute approximate surface area is 204 Å². The monoisotopic (exact) mass is 476 g/mol. The van der Waals surface area contributed by atoms with Crippen LogP contribution >= 0.6 is 0 Å². The second kappa shape index (κ2) is 9.54. The zero-order valence-electron chi connectivity index (χ0n) is 20.1. The first-order valence-corrected chi connectivity index (χ1v) is 11.8. The van der Waals surface area contributed by atoms with Crippen LogP contribution in [-0.4, -0.2) is 57.4 Å². The van der Waals surface area contributed by atoms with E-state index >= 15 is 0 Å². The van der Waals surface area contributed by atoms with Crippen molar-refractivity contribution in [3.05, 3.63) is 71.9 Å². The summed E-state index contributed by atoms with van der Waals surface area (Å²) in [5.41, 5.74) is 6.42. The maximum Gasteiger partial charge on any atom is 0.314 e. The number of aromatic amines is 1. The van der Waals surface area contributed by atoms with E-state index < -0.39 is 28.9 Å². The lowest BCUT2D eigenvalue weighted by molar-refractivity contribution is -0.149. The van der Waals surface area contributed by atoms with Crippen molar-refractivity contribution in [2.75, 3.05) is 13.1 Å². The highest BCUT2D eigenvalue weighted by molar-refractivity contribution is 5.93. The Morgan fingerprint density at radius 3 is 2.34 bits per heavy atom. The van der Waals surface area contributed by atoms with Gasteiger partial charge in [0.15, 0.2) is 0 Å². The molecule has 1 aliphatic heterocycles. The number of nitrogens with two attached hydrogens (primary N) is 1. The van der Waals surface area contributed by atoms with Crippen LogP contribution in [0.25, 0.3) is 10.9 Å². The fourth-order valence-corrected chi connectivity index (χ4v) is 4.78. The number of nitrogens with one attached hydrogen (secondary N) is 2. The molecule has 0 saturated carbocycles. The highest BCUT2D eigenvalue weighted by atomic mass is 16.4. The molecule has 8 nitrogen and oxygen atoms in total. The summed E-state index contributed by atoms with van der Waals surface area (Å²) in [6.45, 7) is 3.76. The number of H-pyrrole nitrogens is 1. The molecule has 0 radical (unpaired) electrons. The first kappa shape index (κ1) is 24.5.